The molecule has 0 unspecified atom stereocenters. The normalized spacial score (nSPS) is 17.9. The lowest BCUT2D eigenvalue weighted by Crippen LogP contribution is -2.09. The van der Waals surface area contributed by atoms with E-state index in [0.29, 0.717) is 12.5 Å². The van der Waals surface area contributed by atoms with Gasteiger partial charge in [-0.05, 0) is 36.2 Å². The number of rotatable bonds is 3. The van der Waals surface area contributed by atoms with Gasteiger partial charge in [-0.2, -0.15) is 0 Å². The number of aliphatic imine (C=N–C) groups is 1. The van der Waals surface area contributed by atoms with Gasteiger partial charge < -0.3 is 4.74 Å². The fourth-order valence-electron chi connectivity index (χ4n) is 2.16. The summed E-state index contributed by atoms with van der Waals surface area (Å²) in [5.74, 6) is 0.365. The molecule has 0 fully saturated rings. The highest BCUT2D eigenvalue weighted by atomic mass is 19.1. The molecule has 0 bridgehead atoms. The number of nitrogens with zero attached hydrogens (tertiary/aromatic N) is 1. The van der Waals surface area contributed by atoms with Gasteiger partial charge in [-0.15, -0.1) is 0 Å². The van der Waals surface area contributed by atoms with Crippen LogP contribution in [0, 0.1) is 5.82 Å². The Hall–Kier alpha value is -2.16. The maximum absolute atomic E-state index is 12.9. The molecule has 0 aromatic heterocycles. The second kappa shape index (κ2) is 5.22. The summed E-state index contributed by atoms with van der Waals surface area (Å²) in [7, 11) is 0. The Kier molecular flexibility index (Phi) is 3.27. The Labute approximate surface area is 111 Å². The monoisotopic (exact) mass is 255 g/mol. The highest BCUT2D eigenvalue weighted by Gasteiger charge is 2.20. The molecule has 1 atom stereocenters. The van der Waals surface area contributed by atoms with Crippen LogP contribution in [0.4, 0.5) is 4.39 Å². The van der Waals surface area contributed by atoms with Crippen LogP contribution in [0.25, 0.3) is 0 Å². The van der Waals surface area contributed by atoms with Crippen molar-refractivity contribution in [1.82, 2.24) is 0 Å². The zero-order valence-electron chi connectivity index (χ0n) is 10.4. The van der Waals surface area contributed by atoms with E-state index in [9.17, 15) is 4.39 Å². The van der Waals surface area contributed by atoms with Crippen LogP contribution in [0.2, 0.25) is 0 Å². The van der Waals surface area contributed by atoms with Crippen molar-refractivity contribution < 1.29 is 9.13 Å². The molecule has 0 radical (unpaired) electrons. The smallest absolute Gasteiger partial charge is 0.216 e. The van der Waals surface area contributed by atoms with E-state index in [2.05, 4.69) is 17.1 Å². The van der Waals surface area contributed by atoms with Gasteiger partial charge in [-0.1, -0.05) is 30.3 Å². The van der Waals surface area contributed by atoms with Gasteiger partial charge in [0.05, 0.1) is 6.04 Å². The Morgan fingerprint density at radius 3 is 2.53 bits per heavy atom. The topological polar surface area (TPSA) is 21.6 Å². The Bertz CT molecular complexity index is 577. The summed E-state index contributed by atoms with van der Waals surface area (Å²) in [4.78, 5) is 4.56. The van der Waals surface area contributed by atoms with Crippen molar-refractivity contribution in [2.75, 3.05) is 6.61 Å². The molecule has 0 spiro atoms. The Balaban J connectivity index is 1.72. The van der Waals surface area contributed by atoms with Gasteiger partial charge >= 0.3 is 0 Å². The average Bonchev–Trinajstić information content (AvgIpc) is 2.89. The van der Waals surface area contributed by atoms with E-state index in [1.165, 1.54) is 17.7 Å². The van der Waals surface area contributed by atoms with E-state index >= 15 is 0 Å². The average molecular weight is 255 g/mol. The summed E-state index contributed by atoms with van der Waals surface area (Å²) in [6.45, 7) is 0.585. The summed E-state index contributed by atoms with van der Waals surface area (Å²) >= 11 is 0. The highest BCUT2D eigenvalue weighted by molar-refractivity contribution is 5.95. The first-order valence-electron chi connectivity index (χ1n) is 6.32. The van der Waals surface area contributed by atoms with Crippen LogP contribution in [-0.2, 0) is 11.2 Å². The van der Waals surface area contributed by atoms with Crippen molar-refractivity contribution in [2.24, 2.45) is 4.99 Å². The number of hydrogen-bond donors (Lipinski definition) is 0. The predicted molar refractivity (Wildman–Crippen MR) is 72.8 cm³/mol. The fraction of sp³-hybridized carbons (Fsp3) is 0.188. The lowest BCUT2D eigenvalue weighted by atomic mass is 10.1. The summed E-state index contributed by atoms with van der Waals surface area (Å²) in [6, 6.07) is 16.6. The highest BCUT2D eigenvalue weighted by Crippen LogP contribution is 2.16. The Morgan fingerprint density at radius 2 is 1.79 bits per heavy atom. The summed E-state index contributed by atoms with van der Waals surface area (Å²) in [5, 5.41) is 0. The van der Waals surface area contributed by atoms with Crippen LogP contribution >= 0.6 is 0 Å². The van der Waals surface area contributed by atoms with Crippen LogP contribution < -0.4 is 0 Å². The number of halogens is 1. The molecular weight excluding hydrogens is 241 g/mol. The lowest BCUT2D eigenvalue weighted by molar-refractivity contribution is 0.317. The maximum atomic E-state index is 12.9. The van der Waals surface area contributed by atoms with E-state index in [4.69, 9.17) is 4.74 Å². The molecule has 3 rings (SSSR count). The van der Waals surface area contributed by atoms with Gasteiger partial charge in [0.2, 0.25) is 5.90 Å². The minimum absolute atomic E-state index is 0.141. The molecule has 1 aliphatic rings. The summed E-state index contributed by atoms with van der Waals surface area (Å²) in [6.07, 6.45) is 0.867. The SMILES string of the molecule is Fc1ccc(C2=N[C@@H](Cc3ccccc3)CO2)cc1. The molecule has 3 heteroatoms. The van der Waals surface area contributed by atoms with E-state index < -0.39 is 0 Å². The van der Waals surface area contributed by atoms with Gasteiger partial charge in [0.1, 0.15) is 12.4 Å². The van der Waals surface area contributed by atoms with Crippen LogP contribution in [0.15, 0.2) is 59.6 Å². The largest absolute Gasteiger partial charge is 0.475 e. The van der Waals surface area contributed by atoms with Gasteiger partial charge in [-0.3, -0.25) is 0 Å². The van der Waals surface area contributed by atoms with Crippen molar-refractivity contribution >= 4 is 5.90 Å². The van der Waals surface area contributed by atoms with Crippen molar-refractivity contribution in [2.45, 2.75) is 12.5 Å². The first kappa shape index (κ1) is 11.9. The molecule has 1 aliphatic heterocycles. The first-order chi connectivity index (χ1) is 9.31. The molecule has 2 aromatic rings. The van der Waals surface area contributed by atoms with Gasteiger partial charge in [0.15, 0.2) is 0 Å². The van der Waals surface area contributed by atoms with Crippen molar-refractivity contribution in [3.63, 3.8) is 0 Å². The zero-order chi connectivity index (χ0) is 13.1. The minimum Gasteiger partial charge on any atom is -0.475 e. The molecule has 2 aromatic carbocycles. The fourth-order valence-corrected chi connectivity index (χ4v) is 2.16. The molecule has 96 valence electrons. The molecular formula is C16H14FNO. The van der Waals surface area contributed by atoms with Crippen LogP contribution in [0.5, 0.6) is 0 Å². The third kappa shape index (κ3) is 2.81. The standard InChI is InChI=1S/C16H14FNO/c17-14-8-6-13(7-9-14)16-18-15(11-19-16)10-12-4-2-1-3-5-12/h1-9,15H,10-11H2/t15-/m0/s1. The van der Waals surface area contributed by atoms with E-state index in [1.54, 1.807) is 12.1 Å². The molecule has 0 saturated heterocycles. The summed E-state index contributed by atoms with van der Waals surface area (Å²) < 4.78 is 18.4. The second-order valence-electron chi connectivity index (χ2n) is 4.60. The van der Waals surface area contributed by atoms with Gasteiger partial charge in [0.25, 0.3) is 0 Å². The van der Waals surface area contributed by atoms with Crippen molar-refractivity contribution in [3.8, 4) is 0 Å². The van der Waals surface area contributed by atoms with Crippen molar-refractivity contribution in [3.05, 3.63) is 71.5 Å². The van der Waals surface area contributed by atoms with Crippen LogP contribution in [0.1, 0.15) is 11.1 Å². The molecule has 19 heavy (non-hydrogen) atoms. The zero-order valence-corrected chi connectivity index (χ0v) is 10.4. The molecule has 0 N–H and O–H groups in total. The quantitative estimate of drug-likeness (QED) is 0.825. The molecule has 2 nitrogen and oxygen atoms in total. The lowest BCUT2D eigenvalue weighted by Gasteiger charge is -2.04. The number of benzene rings is 2. The second-order valence-corrected chi connectivity index (χ2v) is 4.60. The van der Waals surface area contributed by atoms with Gasteiger partial charge in [0, 0.05) is 5.56 Å². The molecule has 0 aliphatic carbocycles. The van der Waals surface area contributed by atoms with Gasteiger partial charge in [-0.25, -0.2) is 9.38 Å². The molecule has 0 saturated carbocycles. The predicted octanol–water partition coefficient (Wildman–Crippen LogP) is 3.21. The number of hydrogen-bond acceptors (Lipinski definition) is 2. The minimum atomic E-state index is -0.247. The van der Waals surface area contributed by atoms with E-state index in [0.717, 1.165) is 12.0 Å². The Morgan fingerprint density at radius 1 is 1.05 bits per heavy atom. The van der Waals surface area contributed by atoms with Crippen LogP contribution in [0.3, 0.4) is 0 Å². The van der Waals surface area contributed by atoms with E-state index in [-0.39, 0.29) is 11.9 Å². The first-order valence-corrected chi connectivity index (χ1v) is 6.32. The number of ether oxygens (including phenoxy) is 1. The van der Waals surface area contributed by atoms with E-state index in [1.807, 2.05) is 18.2 Å². The third-order valence-electron chi connectivity index (χ3n) is 3.12. The molecule has 0 amide bonds. The van der Waals surface area contributed by atoms with Crippen LogP contribution in [-0.4, -0.2) is 18.5 Å². The summed E-state index contributed by atoms with van der Waals surface area (Å²) in [5.41, 5.74) is 2.08. The molecule has 1 heterocycles. The third-order valence-corrected chi connectivity index (χ3v) is 3.12. The maximum Gasteiger partial charge on any atom is 0.216 e. The van der Waals surface area contributed by atoms with Crippen molar-refractivity contribution in [1.29, 1.82) is 0 Å².